The van der Waals surface area contributed by atoms with Crippen molar-refractivity contribution >= 4 is 39.7 Å². The highest BCUT2D eigenvalue weighted by Crippen LogP contribution is 2.38. The maximum Gasteiger partial charge on any atom is 0.231 e. The zero-order chi connectivity index (χ0) is 23.7. The molecule has 9 heteroatoms. The van der Waals surface area contributed by atoms with Crippen LogP contribution in [-0.4, -0.2) is 45.1 Å². The predicted molar refractivity (Wildman–Crippen MR) is 133 cm³/mol. The number of fused-ring (bicyclic) bond motifs is 2. The molecule has 0 bridgehead atoms. The Morgan fingerprint density at radius 3 is 2.38 bits per heavy atom. The molecule has 0 saturated heterocycles. The normalized spacial score (nSPS) is 11.9. The lowest BCUT2D eigenvalue weighted by molar-refractivity contribution is 0.174. The standard InChI is InChI=1S/C25H25N5O4/c1-30(2)17-7-5-6-15(10-17)27-25-28-19-13-22(32-4)21(31-3)12-18(19)24(29-25)26-16-8-9-20-23(11-16)34-14-33-20/h5-13H,14H2,1-4H3,(H2,26,27,28,29). The van der Waals surface area contributed by atoms with Gasteiger partial charge >= 0.3 is 0 Å². The van der Waals surface area contributed by atoms with Gasteiger partial charge in [0, 0.05) is 48.7 Å². The topological polar surface area (TPSA) is 90.0 Å². The molecule has 0 atom stereocenters. The number of methoxy groups -OCH3 is 2. The smallest absolute Gasteiger partial charge is 0.231 e. The number of benzene rings is 3. The lowest BCUT2D eigenvalue weighted by Gasteiger charge is -2.16. The Morgan fingerprint density at radius 2 is 1.59 bits per heavy atom. The van der Waals surface area contributed by atoms with Crippen LogP contribution in [0, 0.1) is 0 Å². The molecule has 0 spiro atoms. The van der Waals surface area contributed by atoms with Crippen molar-refractivity contribution in [1.82, 2.24) is 9.97 Å². The molecule has 174 valence electrons. The first-order chi connectivity index (χ1) is 16.5. The van der Waals surface area contributed by atoms with Crippen molar-refractivity contribution in [1.29, 1.82) is 0 Å². The summed E-state index contributed by atoms with van der Waals surface area (Å²) in [5.74, 6) is 3.62. The van der Waals surface area contributed by atoms with Crippen molar-refractivity contribution < 1.29 is 18.9 Å². The van der Waals surface area contributed by atoms with Crippen molar-refractivity contribution in [2.75, 3.05) is 50.6 Å². The summed E-state index contributed by atoms with van der Waals surface area (Å²) >= 11 is 0. The van der Waals surface area contributed by atoms with Crippen LogP contribution in [0.15, 0.2) is 54.6 Å². The minimum Gasteiger partial charge on any atom is -0.493 e. The second-order valence-electron chi connectivity index (χ2n) is 7.88. The van der Waals surface area contributed by atoms with E-state index in [1.54, 1.807) is 14.2 Å². The van der Waals surface area contributed by atoms with Gasteiger partial charge in [-0.1, -0.05) is 6.07 Å². The second kappa shape index (κ2) is 8.86. The fourth-order valence-corrected chi connectivity index (χ4v) is 3.71. The third kappa shape index (κ3) is 4.15. The van der Waals surface area contributed by atoms with Gasteiger partial charge in [-0.25, -0.2) is 4.98 Å². The molecule has 0 saturated carbocycles. The molecule has 1 aromatic heterocycles. The number of hydrogen-bond acceptors (Lipinski definition) is 9. The molecule has 0 fully saturated rings. The third-order valence-electron chi connectivity index (χ3n) is 5.46. The van der Waals surface area contributed by atoms with E-state index in [9.17, 15) is 0 Å². The lowest BCUT2D eigenvalue weighted by Crippen LogP contribution is -2.09. The Kier molecular flexibility index (Phi) is 5.59. The predicted octanol–water partition coefficient (Wildman–Crippen LogP) is 4.93. The van der Waals surface area contributed by atoms with Crippen LogP contribution in [0.2, 0.25) is 0 Å². The van der Waals surface area contributed by atoms with E-state index in [0.717, 1.165) is 22.4 Å². The SMILES string of the molecule is COc1cc2nc(Nc3cccc(N(C)C)c3)nc(Nc3ccc4c(c3)OCO4)c2cc1OC. The van der Waals surface area contributed by atoms with Gasteiger partial charge in [0.25, 0.3) is 0 Å². The Balaban J connectivity index is 1.58. The molecular formula is C25H25N5O4. The minimum atomic E-state index is 0.215. The van der Waals surface area contributed by atoms with Crippen LogP contribution in [-0.2, 0) is 0 Å². The van der Waals surface area contributed by atoms with Crippen molar-refractivity contribution in [3.05, 3.63) is 54.6 Å². The Morgan fingerprint density at radius 1 is 0.824 bits per heavy atom. The molecule has 0 aliphatic carbocycles. The molecule has 1 aliphatic heterocycles. The molecule has 3 aromatic carbocycles. The Hall–Kier alpha value is -4.40. The quantitative estimate of drug-likeness (QED) is 0.399. The van der Waals surface area contributed by atoms with E-state index >= 15 is 0 Å². The van der Waals surface area contributed by atoms with Crippen molar-refractivity contribution in [2.45, 2.75) is 0 Å². The summed E-state index contributed by atoms with van der Waals surface area (Å²) in [6, 6.07) is 17.4. The molecular weight excluding hydrogens is 434 g/mol. The number of rotatable bonds is 7. The van der Waals surface area contributed by atoms with E-state index in [4.69, 9.17) is 28.9 Å². The highest BCUT2D eigenvalue weighted by Gasteiger charge is 2.17. The molecule has 2 N–H and O–H groups in total. The molecule has 5 rings (SSSR count). The summed E-state index contributed by atoms with van der Waals surface area (Å²) in [6.07, 6.45) is 0. The first-order valence-corrected chi connectivity index (χ1v) is 10.7. The van der Waals surface area contributed by atoms with Gasteiger partial charge in [0.1, 0.15) is 5.82 Å². The fraction of sp³-hybridized carbons (Fsp3) is 0.200. The Labute approximate surface area is 197 Å². The van der Waals surface area contributed by atoms with E-state index < -0.39 is 0 Å². The second-order valence-corrected chi connectivity index (χ2v) is 7.88. The molecule has 34 heavy (non-hydrogen) atoms. The largest absolute Gasteiger partial charge is 0.493 e. The van der Waals surface area contributed by atoms with Crippen LogP contribution in [0.4, 0.5) is 28.8 Å². The molecule has 1 aliphatic rings. The molecule has 9 nitrogen and oxygen atoms in total. The van der Waals surface area contributed by atoms with Gasteiger partial charge < -0.3 is 34.5 Å². The summed E-state index contributed by atoms with van der Waals surface area (Å²) in [4.78, 5) is 11.5. The lowest BCUT2D eigenvalue weighted by atomic mass is 10.2. The minimum absolute atomic E-state index is 0.215. The van der Waals surface area contributed by atoms with Crippen LogP contribution < -0.4 is 34.5 Å². The van der Waals surface area contributed by atoms with Gasteiger partial charge in [-0.2, -0.15) is 4.98 Å². The summed E-state index contributed by atoms with van der Waals surface area (Å²) < 4.78 is 21.9. The van der Waals surface area contributed by atoms with E-state index in [0.29, 0.717) is 40.3 Å². The van der Waals surface area contributed by atoms with Crippen LogP contribution in [0.3, 0.4) is 0 Å². The molecule has 0 radical (unpaired) electrons. The van der Waals surface area contributed by atoms with E-state index in [1.165, 1.54) is 0 Å². The van der Waals surface area contributed by atoms with E-state index in [2.05, 4.69) is 10.6 Å². The van der Waals surface area contributed by atoms with Gasteiger partial charge in [-0.05, 0) is 36.4 Å². The van der Waals surface area contributed by atoms with Crippen LogP contribution in [0.1, 0.15) is 0 Å². The molecule has 0 unspecified atom stereocenters. The first kappa shape index (κ1) is 21.4. The van der Waals surface area contributed by atoms with Gasteiger partial charge in [-0.15, -0.1) is 0 Å². The maximum absolute atomic E-state index is 5.52. The van der Waals surface area contributed by atoms with Gasteiger partial charge in [0.05, 0.1) is 19.7 Å². The number of nitrogens with zero attached hydrogens (tertiary/aromatic N) is 3. The number of hydrogen-bond donors (Lipinski definition) is 2. The summed E-state index contributed by atoms with van der Waals surface area (Å²) in [5.41, 5.74) is 3.44. The van der Waals surface area contributed by atoms with Crippen molar-refractivity contribution in [2.24, 2.45) is 0 Å². The fourth-order valence-electron chi connectivity index (χ4n) is 3.71. The maximum atomic E-state index is 5.52. The number of ether oxygens (including phenoxy) is 4. The number of nitrogens with one attached hydrogen (secondary N) is 2. The van der Waals surface area contributed by atoms with Crippen LogP contribution >= 0.6 is 0 Å². The van der Waals surface area contributed by atoms with Gasteiger partial charge in [0.2, 0.25) is 12.7 Å². The van der Waals surface area contributed by atoms with Gasteiger partial charge in [-0.3, -0.25) is 0 Å². The summed E-state index contributed by atoms with van der Waals surface area (Å²) in [5, 5.41) is 7.49. The summed E-state index contributed by atoms with van der Waals surface area (Å²) in [6.45, 7) is 0.215. The highest BCUT2D eigenvalue weighted by molar-refractivity contribution is 5.94. The van der Waals surface area contributed by atoms with Crippen molar-refractivity contribution in [3.63, 3.8) is 0 Å². The third-order valence-corrected chi connectivity index (χ3v) is 5.46. The average molecular weight is 460 g/mol. The van der Waals surface area contributed by atoms with E-state index in [1.807, 2.05) is 73.6 Å². The van der Waals surface area contributed by atoms with Gasteiger partial charge in [0.15, 0.2) is 23.0 Å². The van der Waals surface area contributed by atoms with Crippen LogP contribution in [0.5, 0.6) is 23.0 Å². The Bertz CT molecular complexity index is 1360. The molecule has 4 aromatic rings. The van der Waals surface area contributed by atoms with Crippen LogP contribution in [0.25, 0.3) is 10.9 Å². The number of anilines is 5. The molecule has 2 heterocycles. The average Bonchev–Trinajstić information content (AvgIpc) is 3.31. The van der Waals surface area contributed by atoms with E-state index in [-0.39, 0.29) is 6.79 Å². The zero-order valence-corrected chi connectivity index (χ0v) is 19.4. The zero-order valence-electron chi connectivity index (χ0n) is 19.4. The van der Waals surface area contributed by atoms with Crippen molar-refractivity contribution in [3.8, 4) is 23.0 Å². The molecule has 0 amide bonds. The monoisotopic (exact) mass is 459 g/mol. The number of aromatic nitrogens is 2. The highest BCUT2D eigenvalue weighted by atomic mass is 16.7. The first-order valence-electron chi connectivity index (χ1n) is 10.7. The summed E-state index contributed by atoms with van der Waals surface area (Å²) in [7, 11) is 7.20.